The van der Waals surface area contributed by atoms with Crippen LogP contribution in [0.1, 0.15) is 48.5 Å². The Morgan fingerprint density at radius 1 is 0.857 bits per heavy atom. The van der Waals surface area contributed by atoms with Gasteiger partial charge in [-0.05, 0) is 23.7 Å². The van der Waals surface area contributed by atoms with Crippen LogP contribution in [-0.4, -0.2) is 20.5 Å². The molecule has 0 aliphatic rings. The molecule has 0 aliphatic heterocycles. The molecule has 14 heavy (non-hydrogen) atoms. The van der Waals surface area contributed by atoms with Gasteiger partial charge in [-0.25, -0.2) is 0 Å². The van der Waals surface area contributed by atoms with Crippen LogP contribution in [0.15, 0.2) is 0 Å². The van der Waals surface area contributed by atoms with E-state index in [0.29, 0.717) is 17.1 Å². The fourth-order valence-corrected chi connectivity index (χ4v) is 4.89. The summed E-state index contributed by atoms with van der Waals surface area (Å²) < 4.78 is 0. The zero-order valence-electron chi connectivity index (χ0n) is 11.2. The van der Waals surface area contributed by atoms with Crippen molar-refractivity contribution < 1.29 is 0 Å². The molecule has 0 atom stereocenters. The molecule has 0 bridgehead atoms. The molecule has 0 spiro atoms. The largest absolute Gasteiger partial charge is 0.323 e. The second-order valence-electron chi connectivity index (χ2n) is 5.97. The van der Waals surface area contributed by atoms with Crippen molar-refractivity contribution in [3.8, 4) is 0 Å². The molecule has 2 N–H and O–H groups in total. The molecule has 0 aromatic carbocycles. The molecule has 2 nitrogen and oxygen atoms in total. The molecule has 0 aromatic heterocycles. The van der Waals surface area contributed by atoms with E-state index in [0.717, 1.165) is 0 Å². The molecule has 0 rings (SSSR count). The van der Waals surface area contributed by atoms with Gasteiger partial charge in [0, 0.05) is 0 Å². The summed E-state index contributed by atoms with van der Waals surface area (Å²) >= 11 is 0. The molecule has 0 fully saturated rings. The lowest BCUT2D eigenvalue weighted by Gasteiger charge is -2.43. The van der Waals surface area contributed by atoms with Crippen LogP contribution >= 0.6 is 0 Å². The first-order chi connectivity index (χ1) is 6.08. The van der Waals surface area contributed by atoms with E-state index < -0.39 is 8.40 Å². The molecule has 0 heterocycles. The van der Waals surface area contributed by atoms with Crippen molar-refractivity contribution in [3.05, 3.63) is 0 Å². The second-order valence-corrected chi connectivity index (χ2v) is 10.3. The standard InChI is InChI=1S/C11H28N2Si/c1-9(2)12-14(8,11(5,6)7)13-10(3)4/h9-10,12-13H,1-8H3. The van der Waals surface area contributed by atoms with Gasteiger partial charge in [0.15, 0.2) is 0 Å². The van der Waals surface area contributed by atoms with Gasteiger partial charge in [0.05, 0.1) is 0 Å². The highest BCUT2D eigenvalue weighted by Gasteiger charge is 2.41. The monoisotopic (exact) mass is 216 g/mol. The highest BCUT2D eigenvalue weighted by atomic mass is 28.3. The predicted octanol–water partition coefficient (Wildman–Crippen LogP) is 2.85. The van der Waals surface area contributed by atoms with Crippen LogP contribution in [0.3, 0.4) is 0 Å². The third-order valence-electron chi connectivity index (χ3n) is 2.65. The topological polar surface area (TPSA) is 24.1 Å². The SMILES string of the molecule is CC(C)N[Si](C)(NC(C)C)C(C)(C)C. The normalized spacial score (nSPS) is 14.1. The summed E-state index contributed by atoms with van der Waals surface area (Å²) in [5, 5.41) is 0.335. The molecule has 86 valence electrons. The van der Waals surface area contributed by atoms with E-state index in [-0.39, 0.29) is 0 Å². The minimum atomic E-state index is -1.58. The Labute approximate surface area is 91.0 Å². The zero-order valence-corrected chi connectivity index (χ0v) is 12.2. The molecule has 0 amide bonds. The first kappa shape index (κ1) is 14.1. The Morgan fingerprint density at radius 3 is 1.29 bits per heavy atom. The van der Waals surface area contributed by atoms with Crippen LogP contribution in [0, 0.1) is 0 Å². The summed E-state index contributed by atoms with van der Waals surface area (Å²) in [5.41, 5.74) is 0. The van der Waals surface area contributed by atoms with Crippen molar-refractivity contribution in [2.75, 3.05) is 0 Å². The quantitative estimate of drug-likeness (QED) is 0.706. The molecular formula is C11H28N2Si. The lowest BCUT2D eigenvalue weighted by molar-refractivity contribution is 0.582. The Balaban J connectivity index is 4.67. The summed E-state index contributed by atoms with van der Waals surface area (Å²) in [6.07, 6.45) is 0. The van der Waals surface area contributed by atoms with Crippen molar-refractivity contribution >= 4 is 8.40 Å². The number of nitrogens with one attached hydrogen (secondary N) is 2. The van der Waals surface area contributed by atoms with Gasteiger partial charge in [-0.15, -0.1) is 0 Å². The van der Waals surface area contributed by atoms with Gasteiger partial charge in [-0.1, -0.05) is 48.5 Å². The van der Waals surface area contributed by atoms with Gasteiger partial charge in [-0.2, -0.15) is 0 Å². The summed E-state index contributed by atoms with van der Waals surface area (Å²) in [7, 11) is -1.58. The van der Waals surface area contributed by atoms with E-state index in [1.807, 2.05) is 0 Å². The average molecular weight is 216 g/mol. The molecule has 0 unspecified atom stereocenters. The van der Waals surface area contributed by atoms with Gasteiger partial charge >= 0.3 is 0 Å². The number of hydrogen-bond donors (Lipinski definition) is 2. The third-order valence-corrected chi connectivity index (χ3v) is 7.96. The zero-order chi connectivity index (χ0) is 11.6. The molecule has 0 aromatic rings. The summed E-state index contributed by atoms with van der Waals surface area (Å²) in [6, 6.07) is 1.11. The average Bonchev–Trinajstić information content (AvgIpc) is 1.78. The van der Waals surface area contributed by atoms with Gasteiger partial charge in [0.25, 0.3) is 0 Å². The van der Waals surface area contributed by atoms with Crippen molar-refractivity contribution in [2.24, 2.45) is 0 Å². The number of rotatable bonds is 4. The molecule has 3 heteroatoms. The van der Waals surface area contributed by atoms with Gasteiger partial charge in [0.1, 0.15) is 0 Å². The van der Waals surface area contributed by atoms with E-state index >= 15 is 0 Å². The fraction of sp³-hybridized carbons (Fsp3) is 1.00. The van der Waals surface area contributed by atoms with E-state index in [4.69, 9.17) is 0 Å². The molecular weight excluding hydrogens is 188 g/mol. The number of hydrogen-bond acceptors (Lipinski definition) is 2. The Hall–Kier alpha value is 0.137. The minimum absolute atomic E-state index is 0.335. The van der Waals surface area contributed by atoms with Crippen molar-refractivity contribution in [2.45, 2.75) is 72.1 Å². The van der Waals surface area contributed by atoms with E-state index in [2.05, 4.69) is 65.0 Å². The molecule has 0 radical (unpaired) electrons. The minimum Gasteiger partial charge on any atom is -0.323 e. The van der Waals surface area contributed by atoms with Crippen LogP contribution in [0.5, 0.6) is 0 Å². The highest BCUT2D eigenvalue weighted by Crippen LogP contribution is 2.32. The van der Waals surface area contributed by atoms with Gasteiger partial charge in [-0.3, -0.25) is 0 Å². The Bertz CT molecular complexity index is 161. The smallest absolute Gasteiger partial charge is 0.204 e. The molecule has 0 saturated carbocycles. The van der Waals surface area contributed by atoms with Gasteiger partial charge in [0.2, 0.25) is 8.40 Å². The maximum Gasteiger partial charge on any atom is 0.204 e. The van der Waals surface area contributed by atoms with Crippen molar-refractivity contribution in [1.29, 1.82) is 0 Å². The maximum absolute atomic E-state index is 3.76. The van der Waals surface area contributed by atoms with Crippen LogP contribution < -0.4 is 9.96 Å². The van der Waals surface area contributed by atoms with E-state index in [1.165, 1.54) is 0 Å². The summed E-state index contributed by atoms with van der Waals surface area (Å²) in [6.45, 7) is 18.2. The fourth-order valence-electron chi connectivity index (χ4n) is 1.63. The van der Waals surface area contributed by atoms with Crippen molar-refractivity contribution in [3.63, 3.8) is 0 Å². The predicted molar refractivity (Wildman–Crippen MR) is 67.9 cm³/mol. The lowest BCUT2D eigenvalue weighted by Crippen LogP contribution is -2.68. The third kappa shape index (κ3) is 4.11. The maximum atomic E-state index is 3.76. The van der Waals surface area contributed by atoms with Crippen LogP contribution in [0.4, 0.5) is 0 Å². The Kier molecular flexibility index (Phi) is 4.82. The highest BCUT2D eigenvalue weighted by molar-refractivity contribution is 6.76. The molecule has 0 aliphatic carbocycles. The Morgan fingerprint density at radius 2 is 1.14 bits per heavy atom. The van der Waals surface area contributed by atoms with Crippen LogP contribution in [-0.2, 0) is 0 Å². The summed E-state index contributed by atoms with van der Waals surface area (Å²) in [4.78, 5) is 7.51. The van der Waals surface area contributed by atoms with E-state index in [9.17, 15) is 0 Å². The van der Waals surface area contributed by atoms with Crippen LogP contribution in [0.25, 0.3) is 0 Å². The lowest BCUT2D eigenvalue weighted by atomic mass is 10.2. The van der Waals surface area contributed by atoms with Gasteiger partial charge < -0.3 is 9.96 Å². The molecule has 0 saturated heterocycles. The first-order valence-electron chi connectivity index (χ1n) is 5.64. The van der Waals surface area contributed by atoms with Crippen molar-refractivity contribution in [1.82, 2.24) is 9.96 Å². The van der Waals surface area contributed by atoms with E-state index in [1.54, 1.807) is 0 Å². The van der Waals surface area contributed by atoms with Crippen LogP contribution in [0.2, 0.25) is 11.6 Å². The first-order valence-corrected chi connectivity index (χ1v) is 8.14. The summed E-state index contributed by atoms with van der Waals surface area (Å²) in [5.74, 6) is 0. The second kappa shape index (κ2) is 4.77.